The number of hydrogen-bond donors (Lipinski definition) is 1. The maximum atomic E-state index is 12.4. The number of nitrogens with one attached hydrogen (secondary N) is 1. The standard InChI is InChI=1S/C28H38N4O6/c1-21-4-9-26(27(18-21)34-2)38-13-3-12-37-24-7-8-25-22(19-24)5-6-23(25)20-28(33)30-10-14-35-16-17-36-15-11-31-32-29/h4,7-9,18-19,23H,3,5-6,10-17,20H2,1-2H3,(H,30,33)/t23-/m0/s1. The molecule has 0 heterocycles. The van der Waals surface area contributed by atoms with Crippen molar-refractivity contribution in [1.29, 1.82) is 0 Å². The van der Waals surface area contributed by atoms with Gasteiger partial charge in [-0.05, 0) is 72.2 Å². The number of carbonyl (C=O) groups excluding carboxylic acids is 1. The van der Waals surface area contributed by atoms with Crippen molar-refractivity contribution in [2.45, 2.75) is 38.5 Å². The van der Waals surface area contributed by atoms with E-state index in [4.69, 9.17) is 29.2 Å². The van der Waals surface area contributed by atoms with E-state index < -0.39 is 0 Å². The maximum Gasteiger partial charge on any atom is 0.220 e. The van der Waals surface area contributed by atoms with Crippen molar-refractivity contribution in [2.75, 3.05) is 59.8 Å². The molecule has 206 valence electrons. The number of nitrogens with zero attached hydrogens (tertiary/aromatic N) is 3. The maximum absolute atomic E-state index is 12.4. The van der Waals surface area contributed by atoms with E-state index in [2.05, 4.69) is 27.5 Å². The van der Waals surface area contributed by atoms with Crippen molar-refractivity contribution < 1.29 is 28.5 Å². The fourth-order valence-electron chi connectivity index (χ4n) is 4.34. The van der Waals surface area contributed by atoms with Crippen LogP contribution in [0.15, 0.2) is 41.5 Å². The minimum atomic E-state index is 0.0302. The fourth-order valence-corrected chi connectivity index (χ4v) is 4.34. The zero-order valence-electron chi connectivity index (χ0n) is 22.3. The van der Waals surface area contributed by atoms with Gasteiger partial charge in [0, 0.05) is 30.8 Å². The largest absolute Gasteiger partial charge is 0.493 e. The van der Waals surface area contributed by atoms with Crippen molar-refractivity contribution in [2.24, 2.45) is 5.11 Å². The van der Waals surface area contributed by atoms with Gasteiger partial charge >= 0.3 is 0 Å². The molecule has 1 amide bonds. The summed E-state index contributed by atoms with van der Waals surface area (Å²) in [5, 5.41) is 6.31. The number of benzene rings is 2. The van der Waals surface area contributed by atoms with Crippen molar-refractivity contribution in [3.05, 3.63) is 63.5 Å². The predicted octanol–water partition coefficient (Wildman–Crippen LogP) is 4.73. The smallest absolute Gasteiger partial charge is 0.220 e. The SMILES string of the molecule is COc1cc(C)ccc1OCCCOc1ccc2c(c1)CC[C@H]2CC(=O)NCCOCCOCCN=[N+]=[N-]. The molecular formula is C28H38N4O6. The molecule has 0 radical (unpaired) electrons. The highest BCUT2D eigenvalue weighted by molar-refractivity contribution is 5.77. The third kappa shape index (κ3) is 9.78. The minimum absolute atomic E-state index is 0.0302. The Morgan fingerprint density at radius 1 is 1.03 bits per heavy atom. The Morgan fingerprint density at radius 2 is 1.84 bits per heavy atom. The zero-order valence-corrected chi connectivity index (χ0v) is 22.3. The number of carbonyl (C=O) groups is 1. The van der Waals surface area contributed by atoms with Gasteiger partial charge in [-0.3, -0.25) is 4.79 Å². The van der Waals surface area contributed by atoms with Gasteiger partial charge in [-0.1, -0.05) is 17.2 Å². The molecule has 1 N–H and O–H groups in total. The number of methoxy groups -OCH3 is 1. The van der Waals surface area contributed by atoms with Gasteiger partial charge in [0.2, 0.25) is 5.91 Å². The highest BCUT2D eigenvalue weighted by atomic mass is 16.5. The monoisotopic (exact) mass is 526 g/mol. The van der Waals surface area contributed by atoms with Crippen LogP contribution in [0.2, 0.25) is 0 Å². The zero-order chi connectivity index (χ0) is 27.0. The Kier molecular flexibility index (Phi) is 12.6. The molecule has 1 atom stereocenters. The van der Waals surface area contributed by atoms with Crippen LogP contribution in [0.4, 0.5) is 0 Å². The molecule has 0 spiro atoms. The van der Waals surface area contributed by atoms with Crippen LogP contribution in [-0.2, 0) is 20.7 Å². The van der Waals surface area contributed by atoms with Crippen LogP contribution in [0.3, 0.4) is 0 Å². The third-order valence-electron chi connectivity index (χ3n) is 6.22. The number of aryl methyl sites for hydroxylation is 2. The first kappa shape index (κ1) is 29.1. The molecule has 3 rings (SSSR count). The van der Waals surface area contributed by atoms with Gasteiger partial charge in [-0.25, -0.2) is 0 Å². The van der Waals surface area contributed by atoms with E-state index in [1.54, 1.807) is 7.11 Å². The second-order valence-corrected chi connectivity index (χ2v) is 9.03. The Balaban J connectivity index is 1.29. The van der Waals surface area contributed by atoms with Crippen LogP contribution in [0.5, 0.6) is 17.2 Å². The van der Waals surface area contributed by atoms with Gasteiger partial charge in [-0.2, -0.15) is 0 Å². The van der Waals surface area contributed by atoms with Gasteiger partial charge in [0.05, 0.1) is 46.8 Å². The van der Waals surface area contributed by atoms with Crippen molar-refractivity contribution in [3.8, 4) is 17.2 Å². The van der Waals surface area contributed by atoms with Gasteiger partial charge < -0.3 is 29.0 Å². The summed E-state index contributed by atoms with van der Waals surface area (Å²) in [7, 11) is 1.64. The van der Waals surface area contributed by atoms with Crippen LogP contribution in [0, 0.1) is 6.92 Å². The van der Waals surface area contributed by atoms with Gasteiger partial charge in [-0.15, -0.1) is 0 Å². The number of fused-ring (bicyclic) bond motifs is 1. The second kappa shape index (κ2) is 16.4. The summed E-state index contributed by atoms with van der Waals surface area (Å²) in [5.41, 5.74) is 11.8. The van der Waals surface area contributed by atoms with Crippen LogP contribution < -0.4 is 19.5 Å². The lowest BCUT2D eigenvalue weighted by atomic mass is 9.97. The van der Waals surface area contributed by atoms with E-state index in [-0.39, 0.29) is 11.8 Å². The molecule has 0 bridgehead atoms. The number of ether oxygens (including phenoxy) is 5. The Hall–Kier alpha value is -3.46. The molecule has 0 fully saturated rings. The summed E-state index contributed by atoms with van der Waals surface area (Å²) in [5.74, 6) is 2.58. The Bertz CT molecular complexity index is 1070. The van der Waals surface area contributed by atoms with Gasteiger partial charge in [0.25, 0.3) is 0 Å². The molecule has 0 saturated carbocycles. The predicted molar refractivity (Wildman–Crippen MR) is 144 cm³/mol. The highest BCUT2D eigenvalue weighted by Gasteiger charge is 2.25. The lowest BCUT2D eigenvalue weighted by Gasteiger charge is -2.14. The number of rotatable bonds is 18. The Labute approximate surface area is 224 Å². The lowest BCUT2D eigenvalue weighted by Crippen LogP contribution is -2.28. The molecule has 2 aromatic rings. The van der Waals surface area contributed by atoms with E-state index in [1.165, 1.54) is 11.1 Å². The lowest BCUT2D eigenvalue weighted by molar-refractivity contribution is -0.121. The molecule has 38 heavy (non-hydrogen) atoms. The molecule has 10 nitrogen and oxygen atoms in total. The van der Waals surface area contributed by atoms with E-state index >= 15 is 0 Å². The summed E-state index contributed by atoms with van der Waals surface area (Å²) in [6.07, 6.45) is 3.13. The average molecular weight is 527 g/mol. The van der Waals surface area contributed by atoms with Gasteiger partial charge in [0.15, 0.2) is 11.5 Å². The number of azide groups is 1. The first-order chi connectivity index (χ1) is 18.6. The average Bonchev–Trinajstić information content (AvgIpc) is 3.31. The first-order valence-corrected chi connectivity index (χ1v) is 13.1. The van der Waals surface area contributed by atoms with Crippen molar-refractivity contribution in [1.82, 2.24) is 5.32 Å². The molecule has 2 aromatic carbocycles. The molecule has 1 aliphatic rings. The van der Waals surface area contributed by atoms with E-state index in [9.17, 15) is 4.79 Å². The van der Waals surface area contributed by atoms with E-state index in [0.29, 0.717) is 59.2 Å². The second-order valence-electron chi connectivity index (χ2n) is 9.03. The molecule has 0 aromatic heterocycles. The van der Waals surface area contributed by atoms with Crippen LogP contribution in [-0.4, -0.2) is 65.7 Å². The van der Waals surface area contributed by atoms with Crippen LogP contribution >= 0.6 is 0 Å². The molecule has 10 heteroatoms. The number of amides is 1. The highest BCUT2D eigenvalue weighted by Crippen LogP contribution is 2.37. The van der Waals surface area contributed by atoms with E-state index in [1.807, 2.05) is 31.2 Å². The third-order valence-corrected chi connectivity index (χ3v) is 6.22. The van der Waals surface area contributed by atoms with Crippen molar-refractivity contribution in [3.63, 3.8) is 0 Å². The first-order valence-electron chi connectivity index (χ1n) is 13.1. The summed E-state index contributed by atoms with van der Waals surface area (Å²) in [6.45, 7) is 5.55. The quantitative estimate of drug-likeness (QED) is 0.130. The number of hydrogen-bond acceptors (Lipinski definition) is 7. The van der Waals surface area contributed by atoms with Crippen LogP contribution in [0.25, 0.3) is 10.4 Å². The molecule has 0 saturated heterocycles. The summed E-state index contributed by atoms with van der Waals surface area (Å²) in [4.78, 5) is 15.1. The van der Waals surface area contributed by atoms with Crippen molar-refractivity contribution >= 4 is 5.91 Å². The summed E-state index contributed by atoms with van der Waals surface area (Å²) < 4.78 is 27.9. The molecule has 0 aliphatic heterocycles. The van der Waals surface area contributed by atoms with Gasteiger partial charge in [0.1, 0.15) is 5.75 Å². The topological polar surface area (TPSA) is 124 Å². The fraction of sp³-hybridized carbons (Fsp3) is 0.536. The normalized spacial score (nSPS) is 13.9. The molecule has 1 aliphatic carbocycles. The molecule has 0 unspecified atom stereocenters. The van der Waals surface area contributed by atoms with Crippen LogP contribution in [0.1, 0.15) is 41.9 Å². The Morgan fingerprint density at radius 3 is 2.66 bits per heavy atom. The summed E-state index contributed by atoms with van der Waals surface area (Å²) in [6, 6.07) is 12.1. The minimum Gasteiger partial charge on any atom is -0.493 e. The van der Waals surface area contributed by atoms with E-state index in [0.717, 1.165) is 42.1 Å². The molecular weight excluding hydrogens is 488 g/mol. The summed E-state index contributed by atoms with van der Waals surface area (Å²) >= 11 is 0.